The molecular weight excluding hydrogens is 316 g/mol. The van der Waals surface area contributed by atoms with Crippen molar-refractivity contribution in [3.8, 4) is 0 Å². The second-order valence-corrected chi connectivity index (χ2v) is 7.28. The van der Waals surface area contributed by atoms with Gasteiger partial charge in [-0.05, 0) is 24.1 Å². The van der Waals surface area contributed by atoms with Gasteiger partial charge in [0.2, 0.25) is 0 Å². The lowest BCUT2D eigenvalue weighted by Gasteiger charge is -2.06. The quantitative estimate of drug-likeness (QED) is 0.631. The van der Waals surface area contributed by atoms with Crippen LogP contribution in [0, 0.1) is 17.0 Å². The number of rotatable bonds is 5. The van der Waals surface area contributed by atoms with Gasteiger partial charge in [0, 0.05) is 25.0 Å². The Morgan fingerprint density at radius 3 is 2.81 bits per heavy atom. The summed E-state index contributed by atoms with van der Waals surface area (Å²) < 4.78 is 26.4. The first-order valence-corrected chi connectivity index (χ1v) is 8.04. The number of nitrogen functional groups attached to an aromatic ring is 1. The molecule has 21 heavy (non-hydrogen) atoms. The number of sulfonamides is 1. The van der Waals surface area contributed by atoms with E-state index in [2.05, 4.69) is 9.71 Å². The van der Waals surface area contributed by atoms with E-state index in [9.17, 15) is 18.5 Å². The van der Waals surface area contributed by atoms with Crippen LogP contribution in [0.25, 0.3) is 0 Å². The molecule has 0 aliphatic carbocycles. The van der Waals surface area contributed by atoms with Gasteiger partial charge in [-0.1, -0.05) is 11.3 Å². The molecule has 10 heteroatoms. The van der Waals surface area contributed by atoms with Crippen molar-refractivity contribution >= 4 is 32.0 Å². The maximum absolute atomic E-state index is 12.1. The van der Waals surface area contributed by atoms with Crippen molar-refractivity contribution in [1.82, 2.24) is 9.71 Å². The van der Waals surface area contributed by atoms with Gasteiger partial charge in [-0.25, -0.2) is 13.1 Å². The van der Waals surface area contributed by atoms with Crippen LogP contribution in [-0.2, 0) is 16.6 Å². The van der Waals surface area contributed by atoms with E-state index in [0.717, 1.165) is 17.2 Å². The molecule has 0 aliphatic rings. The van der Waals surface area contributed by atoms with Crippen LogP contribution in [0.1, 0.15) is 11.1 Å². The molecule has 0 saturated carbocycles. The Kier molecular flexibility index (Phi) is 4.21. The van der Waals surface area contributed by atoms with Crippen LogP contribution in [0.15, 0.2) is 28.7 Å². The van der Waals surface area contributed by atoms with Gasteiger partial charge in [-0.3, -0.25) is 15.1 Å². The number of nitro groups is 1. The Morgan fingerprint density at radius 1 is 1.52 bits per heavy atom. The van der Waals surface area contributed by atoms with Crippen LogP contribution < -0.4 is 10.5 Å². The van der Waals surface area contributed by atoms with E-state index in [1.807, 2.05) is 6.92 Å². The fraction of sp³-hybridized carbons (Fsp3) is 0.182. The van der Waals surface area contributed by atoms with Gasteiger partial charge >= 0.3 is 5.69 Å². The zero-order valence-electron chi connectivity index (χ0n) is 10.9. The molecule has 2 aromatic rings. The highest BCUT2D eigenvalue weighted by molar-refractivity contribution is 7.91. The minimum absolute atomic E-state index is 0.0717. The molecule has 0 bridgehead atoms. The summed E-state index contributed by atoms with van der Waals surface area (Å²) in [6, 6.07) is 2.66. The third-order valence-electron chi connectivity index (χ3n) is 2.77. The number of aromatic nitrogens is 1. The summed E-state index contributed by atoms with van der Waals surface area (Å²) in [5.41, 5.74) is 6.66. The Morgan fingerprint density at radius 2 is 2.24 bits per heavy atom. The lowest BCUT2D eigenvalue weighted by atomic mass is 10.2. The second-order valence-electron chi connectivity index (χ2n) is 4.20. The molecule has 0 spiro atoms. The van der Waals surface area contributed by atoms with Crippen LogP contribution in [0.5, 0.6) is 0 Å². The van der Waals surface area contributed by atoms with Crippen molar-refractivity contribution in [3.05, 3.63) is 45.8 Å². The first-order valence-electron chi connectivity index (χ1n) is 5.74. The van der Waals surface area contributed by atoms with Gasteiger partial charge in [-0.2, -0.15) is 0 Å². The molecule has 2 rings (SSSR count). The molecule has 3 N–H and O–H groups in total. The molecule has 2 heterocycles. The zero-order valence-corrected chi connectivity index (χ0v) is 12.6. The highest BCUT2D eigenvalue weighted by atomic mass is 32.2. The Bertz CT molecular complexity index is 785. The molecule has 0 unspecified atom stereocenters. The van der Waals surface area contributed by atoms with Gasteiger partial charge in [0.15, 0.2) is 5.00 Å². The van der Waals surface area contributed by atoms with Crippen molar-refractivity contribution in [3.63, 3.8) is 0 Å². The molecule has 8 nitrogen and oxygen atoms in total. The predicted octanol–water partition coefficient (Wildman–Crippen LogP) is 1.42. The molecule has 0 radical (unpaired) electrons. The molecule has 0 aromatic carbocycles. The van der Waals surface area contributed by atoms with Crippen LogP contribution in [0.2, 0.25) is 0 Å². The van der Waals surface area contributed by atoms with E-state index < -0.39 is 20.6 Å². The van der Waals surface area contributed by atoms with E-state index in [1.54, 1.807) is 18.5 Å². The maximum atomic E-state index is 12.1. The number of nitrogens with zero attached hydrogens (tertiary/aromatic N) is 2. The summed E-state index contributed by atoms with van der Waals surface area (Å²) in [5.74, 6) is 0. The zero-order chi connectivity index (χ0) is 15.6. The highest BCUT2D eigenvalue weighted by Crippen LogP contribution is 2.34. The largest absolute Gasteiger partial charge is 0.385 e. The molecule has 0 amide bonds. The van der Waals surface area contributed by atoms with Crippen LogP contribution in [0.3, 0.4) is 0 Å². The summed E-state index contributed by atoms with van der Waals surface area (Å²) in [5, 5.41) is 10.6. The Hall–Kier alpha value is -2.04. The predicted molar refractivity (Wildman–Crippen MR) is 78.4 cm³/mol. The van der Waals surface area contributed by atoms with Crippen LogP contribution >= 0.6 is 11.3 Å². The van der Waals surface area contributed by atoms with Crippen molar-refractivity contribution in [2.24, 2.45) is 0 Å². The second kappa shape index (κ2) is 5.76. The van der Waals surface area contributed by atoms with Gasteiger partial charge in [0.05, 0.1) is 4.92 Å². The third kappa shape index (κ3) is 3.35. The van der Waals surface area contributed by atoms with Gasteiger partial charge in [-0.15, -0.1) is 0 Å². The molecule has 112 valence electrons. The Labute approximate surface area is 124 Å². The van der Waals surface area contributed by atoms with Crippen LogP contribution in [-0.4, -0.2) is 18.3 Å². The molecular formula is C11H12N4O4S2. The normalized spacial score (nSPS) is 11.5. The van der Waals surface area contributed by atoms with E-state index in [-0.39, 0.29) is 15.8 Å². The number of pyridine rings is 1. The fourth-order valence-electron chi connectivity index (χ4n) is 1.59. The minimum Gasteiger partial charge on any atom is -0.385 e. The minimum atomic E-state index is -3.85. The van der Waals surface area contributed by atoms with E-state index in [0.29, 0.717) is 11.3 Å². The number of aryl methyl sites for hydroxylation is 1. The third-order valence-corrected chi connectivity index (χ3v) is 5.60. The van der Waals surface area contributed by atoms with E-state index in [4.69, 9.17) is 5.73 Å². The van der Waals surface area contributed by atoms with Gasteiger partial charge in [0.1, 0.15) is 4.21 Å². The number of hydrogen-bond donors (Lipinski definition) is 2. The molecule has 0 saturated heterocycles. The smallest absolute Gasteiger partial charge is 0.304 e. The first kappa shape index (κ1) is 15.4. The maximum Gasteiger partial charge on any atom is 0.304 e. The lowest BCUT2D eigenvalue weighted by Crippen LogP contribution is -2.22. The summed E-state index contributed by atoms with van der Waals surface area (Å²) in [4.78, 5) is 13.9. The number of nitrogens with two attached hydrogens (primary N) is 1. The number of nitrogens with one attached hydrogen (secondary N) is 1. The number of thiophene rings is 1. The summed E-state index contributed by atoms with van der Waals surface area (Å²) in [6.07, 6.45) is 3.18. The Balaban J connectivity index is 2.21. The van der Waals surface area contributed by atoms with Crippen molar-refractivity contribution in [2.75, 3.05) is 5.73 Å². The van der Waals surface area contributed by atoms with Crippen LogP contribution in [0.4, 0.5) is 10.7 Å². The molecule has 0 aliphatic heterocycles. The summed E-state index contributed by atoms with van der Waals surface area (Å²) in [6.45, 7) is 1.88. The van der Waals surface area contributed by atoms with Gasteiger partial charge in [0.25, 0.3) is 10.0 Å². The molecule has 0 atom stereocenters. The standard InChI is InChI=1S/C11H12N4O4S2/c1-7-5-13-3-2-8(7)6-14-21(18,19)10-4-9(15(16)17)11(12)20-10/h2-5,14H,6,12H2,1H3. The monoisotopic (exact) mass is 328 g/mol. The fourth-order valence-corrected chi connectivity index (χ4v) is 3.86. The lowest BCUT2D eigenvalue weighted by molar-refractivity contribution is -0.383. The average molecular weight is 328 g/mol. The first-order chi connectivity index (χ1) is 9.81. The number of anilines is 1. The number of hydrogen-bond acceptors (Lipinski definition) is 7. The van der Waals surface area contributed by atoms with Crippen molar-refractivity contribution in [1.29, 1.82) is 0 Å². The van der Waals surface area contributed by atoms with E-state index >= 15 is 0 Å². The summed E-state index contributed by atoms with van der Waals surface area (Å²) in [7, 11) is -3.85. The van der Waals surface area contributed by atoms with E-state index in [1.165, 1.54) is 0 Å². The summed E-state index contributed by atoms with van der Waals surface area (Å²) >= 11 is 0.662. The van der Waals surface area contributed by atoms with Crippen molar-refractivity contribution in [2.45, 2.75) is 17.7 Å². The highest BCUT2D eigenvalue weighted by Gasteiger charge is 2.24. The molecule has 2 aromatic heterocycles. The SMILES string of the molecule is Cc1cnccc1CNS(=O)(=O)c1cc([N+](=O)[O-])c(N)s1. The van der Waals surface area contributed by atoms with Gasteiger partial charge < -0.3 is 5.73 Å². The topological polar surface area (TPSA) is 128 Å². The van der Waals surface area contributed by atoms with Crippen molar-refractivity contribution < 1.29 is 13.3 Å². The molecule has 0 fully saturated rings. The average Bonchev–Trinajstić information content (AvgIpc) is 2.81.